The molecule has 5 heteroatoms. The maximum Gasteiger partial charge on any atom is 0.307 e. The van der Waals surface area contributed by atoms with Gasteiger partial charge < -0.3 is 5.11 Å². The van der Waals surface area contributed by atoms with Crippen LogP contribution in [0.15, 0.2) is 4.47 Å². The maximum absolute atomic E-state index is 11.5. The largest absolute Gasteiger partial charge is 0.481 e. The molecule has 0 spiro atoms. The smallest absolute Gasteiger partial charge is 0.307 e. The number of rotatable bonds is 5. The molecule has 0 saturated carbocycles. The Labute approximate surface area is 123 Å². The molecule has 0 aliphatic carbocycles. The van der Waals surface area contributed by atoms with Crippen LogP contribution in [0.4, 0.5) is 0 Å². The van der Waals surface area contributed by atoms with Crippen LogP contribution >= 0.6 is 15.9 Å². The molecule has 0 bridgehead atoms. The highest BCUT2D eigenvalue weighted by Gasteiger charge is 2.33. The van der Waals surface area contributed by atoms with Gasteiger partial charge in [0.15, 0.2) is 0 Å². The van der Waals surface area contributed by atoms with Gasteiger partial charge in [0.05, 0.1) is 21.8 Å². The monoisotopic (exact) mass is 330 g/mol. The van der Waals surface area contributed by atoms with Crippen molar-refractivity contribution in [2.45, 2.75) is 54.0 Å². The second-order valence-electron chi connectivity index (χ2n) is 5.84. The number of aromatic nitrogens is 2. The molecule has 4 nitrogen and oxygen atoms in total. The molecule has 0 aliphatic heterocycles. The van der Waals surface area contributed by atoms with E-state index in [1.807, 2.05) is 32.4 Å². The quantitative estimate of drug-likeness (QED) is 0.898. The topological polar surface area (TPSA) is 55.1 Å². The predicted molar refractivity (Wildman–Crippen MR) is 79.3 cm³/mol. The maximum atomic E-state index is 11.5. The number of carbonyl (C=O) groups is 1. The number of nitrogens with zero attached hydrogens (tertiary/aromatic N) is 2. The summed E-state index contributed by atoms with van der Waals surface area (Å²) in [4.78, 5) is 11.5. The summed E-state index contributed by atoms with van der Waals surface area (Å²) in [6.07, 6.45) is 1.34. The zero-order chi connectivity index (χ0) is 14.8. The summed E-state index contributed by atoms with van der Waals surface area (Å²) in [6, 6.07) is 0. The third kappa shape index (κ3) is 3.59. The molecule has 0 amide bonds. The van der Waals surface area contributed by atoms with Crippen LogP contribution in [0.25, 0.3) is 0 Å². The Hall–Kier alpha value is -0.840. The third-order valence-electron chi connectivity index (χ3n) is 3.44. The van der Waals surface area contributed by atoms with Gasteiger partial charge in [0.2, 0.25) is 0 Å². The van der Waals surface area contributed by atoms with Gasteiger partial charge >= 0.3 is 5.97 Å². The zero-order valence-electron chi connectivity index (χ0n) is 12.3. The van der Waals surface area contributed by atoms with E-state index in [1.54, 1.807) is 0 Å². The number of aliphatic carboxylic acids is 1. The number of hydrogen-bond donors (Lipinski definition) is 1. The zero-order valence-corrected chi connectivity index (χ0v) is 13.9. The fraction of sp³-hybridized carbons (Fsp3) is 0.714. The Bertz CT molecular complexity index is 461. The predicted octanol–water partition coefficient (Wildman–Crippen LogP) is 3.52. The highest BCUT2D eigenvalue weighted by atomic mass is 79.9. The summed E-state index contributed by atoms with van der Waals surface area (Å²) in [6.45, 7) is 10.7. The molecule has 1 atom stereocenters. The molecular weight excluding hydrogens is 308 g/mol. The number of carboxylic acid groups (broad SMARTS) is 1. The Morgan fingerprint density at radius 1 is 1.42 bits per heavy atom. The van der Waals surface area contributed by atoms with Crippen LogP contribution < -0.4 is 0 Å². The normalized spacial score (nSPS) is 13.6. The van der Waals surface area contributed by atoms with Crippen LogP contribution in [0.2, 0.25) is 0 Å². The molecule has 1 aromatic heterocycles. The molecule has 0 saturated heterocycles. The van der Waals surface area contributed by atoms with Crippen molar-refractivity contribution in [3.8, 4) is 0 Å². The molecule has 1 N–H and O–H groups in total. The van der Waals surface area contributed by atoms with E-state index in [0.29, 0.717) is 6.42 Å². The SMILES string of the molecule is CCc1nn(CC)c(CC(C(=O)O)C(C)(C)C)c1Br. The van der Waals surface area contributed by atoms with Gasteiger partial charge in [-0.15, -0.1) is 0 Å². The third-order valence-corrected chi connectivity index (χ3v) is 4.35. The Kier molecular flexibility index (Phi) is 5.18. The Morgan fingerprint density at radius 2 is 2.00 bits per heavy atom. The van der Waals surface area contributed by atoms with Gasteiger partial charge in [-0.1, -0.05) is 27.7 Å². The number of halogens is 1. The van der Waals surface area contributed by atoms with Crippen molar-refractivity contribution < 1.29 is 9.90 Å². The first-order chi connectivity index (χ1) is 8.72. The van der Waals surface area contributed by atoms with E-state index in [9.17, 15) is 9.90 Å². The van der Waals surface area contributed by atoms with Crippen molar-refractivity contribution in [1.29, 1.82) is 0 Å². The first-order valence-electron chi connectivity index (χ1n) is 6.69. The number of carboxylic acids is 1. The van der Waals surface area contributed by atoms with Crippen molar-refractivity contribution in [3.05, 3.63) is 15.9 Å². The first kappa shape index (κ1) is 16.2. The number of aryl methyl sites for hydroxylation is 2. The van der Waals surface area contributed by atoms with Crippen LogP contribution in [0.3, 0.4) is 0 Å². The molecule has 0 aromatic carbocycles. The van der Waals surface area contributed by atoms with Gasteiger partial charge in [-0.25, -0.2) is 0 Å². The van der Waals surface area contributed by atoms with Gasteiger partial charge in [0, 0.05) is 13.0 Å². The first-order valence-corrected chi connectivity index (χ1v) is 7.48. The lowest BCUT2D eigenvalue weighted by Crippen LogP contribution is -2.31. The van der Waals surface area contributed by atoms with E-state index in [1.165, 1.54) is 0 Å². The lowest BCUT2D eigenvalue weighted by molar-refractivity contribution is -0.145. The highest BCUT2D eigenvalue weighted by molar-refractivity contribution is 9.10. The van der Waals surface area contributed by atoms with E-state index >= 15 is 0 Å². The van der Waals surface area contributed by atoms with Gasteiger partial charge in [0.25, 0.3) is 0 Å². The Balaban J connectivity index is 3.16. The average Bonchev–Trinajstić information content (AvgIpc) is 2.60. The fourth-order valence-corrected chi connectivity index (χ4v) is 2.90. The second-order valence-corrected chi connectivity index (χ2v) is 6.63. The molecule has 1 rings (SSSR count). The fourth-order valence-electron chi connectivity index (χ4n) is 2.17. The van der Waals surface area contributed by atoms with Gasteiger partial charge in [-0.05, 0) is 34.7 Å². The lowest BCUT2D eigenvalue weighted by atomic mass is 9.78. The summed E-state index contributed by atoms with van der Waals surface area (Å²) >= 11 is 3.57. The van der Waals surface area contributed by atoms with Gasteiger partial charge in [-0.3, -0.25) is 9.48 Å². The van der Waals surface area contributed by atoms with E-state index < -0.39 is 11.9 Å². The average molecular weight is 331 g/mol. The van der Waals surface area contributed by atoms with Crippen molar-refractivity contribution in [3.63, 3.8) is 0 Å². The highest BCUT2D eigenvalue weighted by Crippen LogP contribution is 2.32. The van der Waals surface area contributed by atoms with Crippen molar-refractivity contribution in [2.24, 2.45) is 11.3 Å². The van der Waals surface area contributed by atoms with Crippen LogP contribution in [-0.2, 0) is 24.2 Å². The minimum atomic E-state index is -0.749. The van der Waals surface area contributed by atoms with Crippen LogP contribution in [0, 0.1) is 11.3 Å². The van der Waals surface area contributed by atoms with E-state index in [0.717, 1.165) is 28.8 Å². The molecule has 0 radical (unpaired) electrons. The van der Waals surface area contributed by atoms with Crippen LogP contribution in [0.1, 0.15) is 46.0 Å². The molecule has 1 unspecified atom stereocenters. The standard InChI is InChI=1S/C14H23BrN2O2/c1-6-10-12(15)11(17(7-2)16-10)8-9(13(18)19)14(3,4)5/h9H,6-8H2,1-5H3,(H,18,19). The van der Waals surface area contributed by atoms with E-state index in [2.05, 4.69) is 28.0 Å². The van der Waals surface area contributed by atoms with E-state index in [4.69, 9.17) is 0 Å². The van der Waals surface area contributed by atoms with Crippen molar-refractivity contribution >= 4 is 21.9 Å². The van der Waals surface area contributed by atoms with Crippen LogP contribution in [0.5, 0.6) is 0 Å². The second kappa shape index (κ2) is 6.07. The molecule has 0 fully saturated rings. The lowest BCUT2D eigenvalue weighted by Gasteiger charge is -2.27. The number of hydrogen-bond acceptors (Lipinski definition) is 2. The molecule has 1 heterocycles. The summed E-state index contributed by atoms with van der Waals surface area (Å²) in [7, 11) is 0. The van der Waals surface area contributed by atoms with Crippen molar-refractivity contribution in [1.82, 2.24) is 9.78 Å². The summed E-state index contributed by atoms with van der Waals surface area (Å²) < 4.78 is 2.87. The molecule has 108 valence electrons. The van der Waals surface area contributed by atoms with E-state index in [-0.39, 0.29) is 5.41 Å². The molecular formula is C14H23BrN2O2. The Morgan fingerprint density at radius 3 is 2.37 bits per heavy atom. The summed E-state index contributed by atoms with van der Waals surface area (Å²) in [5.41, 5.74) is 1.71. The van der Waals surface area contributed by atoms with Gasteiger partial charge in [-0.2, -0.15) is 5.10 Å². The summed E-state index contributed by atoms with van der Waals surface area (Å²) in [5, 5.41) is 14.0. The molecule has 1 aromatic rings. The molecule has 19 heavy (non-hydrogen) atoms. The van der Waals surface area contributed by atoms with Crippen molar-refractivity contribution in [2.75, 3.05) is 0 Å². The minimum Gasteiger partial charge on any atom is -0.481 e. The molecule has 0 aliphatic rings. The van der Waals surface area contributed by atoms with Gasteiger partial charge in [0.1, 0.15) is 0 Å². The minimum absolute atomic E-state index is 0.277. The van der Waals surface area contributed by atoms with Crippen LogP contribution in [-0.4, -0.2) is 20.9 Å². The summed E-state index contributed by atoms with van der Waals surface area (Å²) in [5.74, 6) is -1.17.